The number of carbonyl (C=O) groups is 2. The zero-order chi connectivity index (χ0) is 19.0. The first kappa shape index (κ1) is 17.4. The smallest absolute Gasteiger partial charge is 0.337 e. The Hall–Kier alpha value is -3.04. The van der Waals surface area contributed by atoms with E-state index in [2.05, 4.69) is 15.4 Å². The van der Waals surface area contributed by atoms with Crippen LogP contribution in [-0.4, -0.2) is 37.9 Å². The zero-order valence-corrected chi connectivity index (χ0v) is 15.6. The SMILES string of the molecule is COC(=O)c1cccc(-c2ccn3ncc(/C=C4/SC(=S)NC4=O)c3n2)c1. The summed E-state index contributed by atoms with van der Waals surface area (Å²) in [5.41, 5.74) is 3.18. The number of thiocarbonyl (C=S) groups is 1. The van der Waals surface area contributed by atoms with Crippen LogP contribution in [0.4, 0.5) is 0 Å². The van der Waals surface area contributed by atoms with Gasteiger partial charge in [-0.15, -0.1) is 0 Å². The Bertz CT molecular complexity index is 1140. The Labute approximate surface area is 163 Å². The van der Waals surface area contributed by atoms with Gasteiger partial charge in [-0.3, -0.25) is 4.79 Å². The monoisotopic (exact) mass is 396 g/mol. The fourth-order valence-corrected chi connectivity index (χ4v) is 3.67. The number of benzene rings is 1. The van der Waals surface area contributed by atoms with Crippen LogP contribution < -0.4 is 5.32 Å². The molecule has 1 amide bonds. The molecule has 4 rings (SSSR count). The van der Waals surface area contributed by atoms with Gasteiger partial charge in [0.05, 0.1) is 29.5 Å². The summed E-state index contributed by atoms with van der Waals surface area (Å²) in [6.07, 6.45) is 5.12. The highest BCUT2D eigenvalue weighted by molar-refractivity contribution is 8.26. The van der Waals surface area contributed by atoms with Gasteiger partial charge in [0.1, 0.15) is 4.32 Å². The second kappa shape index (κ2) is 6.93. The van der Waals surface area contributed by atoms with E-state index in [4.69, 9.17) is 17.0 Å². The molecule has 0 bridgehead atoms. The second-order valence-corrected chi connectivity index (χ2v) is 7.32. The van der Waals surface area contributed by atoms with E-state index in [-0.39, 0.29) is 5.91 Å². The quantitative estimate of drug-likeness (QED) is 0.414. The van der Waals surface area contributed by atoms with Crippen LogP contribution in [0.15, 0.2) is 47.6 Å². The Balaban J connectivity index is 1.77. The lowest BCUT2D eigenvalue weighted by molar-refractivity contribution is -0.115. The molecule has 0 saturated carbocycles. The number of nitrogens with one attached hydrogen (secondary N) is 1. The molecule has 1 saturated heterocycles. The predicted molar refractivity (Wildman–Crippen MR) is 106 cm³/mol. The van der Waals surface area contributed by atoms with Crippen molar-refractivity contribution in [3.05, 3.63) is 58.8 Å². The largest absolute Gasteiger partial charge is 0.465 e. The summed E-state index contributed by atoms with van der Waals surface area (Å²) >= 11 is 6.21. The molecular formula is C18H12N4O3S2. The van der Waals surface area contributed by atoms with Crippen LogP contribution in [0, 0.1) is 0 Å². The molecule has 0 spiro atoms. The maximum absolute atomic E-state index is 11.9. The molecule has 1 aliphatic rings. The predicted octanol–water partition coefficient (Wildman–Crippen LogP) is 2.67. The van der Waals surface area contributed by atoms with Gasteiger partial charge >= 0.3 is 5.97 Å². The normalized spacial score (nSPS) is 15.4. The molecule has 3 aromatic rings. The summed E-state index contributed by atoms with van der Waals surface area (Å²) in [6.45, 7) is 0. The molecule has 0 atom stereocenters. The van der Waals surface area contributed by atoms with Crippen LogP contribution in [0.5, 0.6) is 0 Å². The van der Waals surface area contributed by atoms with Crippen molar-refractivity contribution in [1.29, 1.82) is 0 Å². The van der Waals surface area contributed by atoms with E-state index in [1.807, 2.05) is 6.07 Å². The van der Waals surface area contributed by atoms with Crippen LogP contribution >= 0.6 is 24.0 Å². The number of amides is 1. The summed E-state index contributed by atoms with van der Waals surface area (Å²) in [5, 5.41) is 6.84. The number of ether oxygens (including phenoxy) is 1. The molecule has 0 radical (unpaired) electrons. The van der Waals surface area contributed by atoms with E-state index in [9.17, 15) is 9.59 Å². The van der Waals surface area contributed by atoms with Crippen molar-refractivity contribution in [3.63, 3.8) is 0 Å². The van der Waals surface area contributed by atoms with Gasteiger partial charge in [-0.2, -0.15) is 5.10 Å². The molecule has 3 heterocycles. The van der Waals surface area contributed by atoms with Crippen molar-refractivity contribution >= 4 is 51.9 Å². The minimum atomic E-state index is -0.409. The highest BCUT2D eigenvalue weighted by Crippen LogP contribution is 2.27. The van der Waals surface area contributed by atoms with Crippen molar-refractivity contribution in [2.45, 2.75) is 0 Å². The highest BCUT2D eigenvalue weighted by Gasteiger charge is 2.22. The molecule has 2 aromatic heterocycles. The van der Waals surface area contributed by atoms with E-state index in [0.29, 0.717) is 31.7 Å². The van der Waals surface area contributed by atoms with Gasteiger partial charge in [-0.1, -0.05) is 36.1 Å². The molecule has 134 valence electrons. The van der Waals surface area contributed by atoms with Crippen LogP contribution in [0.1, 0.15) is 15.9 Å². The number of esters is 1. The van der Waals surface area contributed by atoms with E-state index in [1.165, 1.54) is 18.9 Å². The van der Waals surface area contributed by atoms with Crippen molar-refractivity contribution in [1.82, 2.24) is 19.9 Å². The Morgan fingerprint density at radius 1 is 1.37 bits per heavy atom. The van der Waals surface area contributed by atoms with Crippen molar-refractivity contribution < 1.29 is 14.3 Å². The van der Waals surface area contributed by atoms with Crippen LogP contribution in [0.25, 0.3) is 23.0 Å². The standard InChI is InChI=1S/C18H12N4O3S2/c1-25-17(24)11-4-2-3-10(7-11)13-5-6-22-15(20-13)12(9-19-22)8-14-16(23)21-18(26)27-14/h2-9H,1H3,(H,21,23,26)/b14-8+. The third kappa shape index (κ3) is 3.34. The summed E-state index contributed by atoms with van der Waals surface area (Å²) in [6, 6.07) is 8.84. The average Bonchev–Trinajstić information content (AvgIpc) is 3.23. The molecule has 0 aliphatic carbocycles. The van der Waals surface area contributed by atoms with Gasteiger partial charge < -0.3 is 10.1 Å². The number of thioether (sulfide) groups is 1. The number of nitrogens with zero attached hydrogens (tertiary/aromatic N) is 3. The Kier molecular flexibility index (Phi) is 4.46. The first-order chi connectivity index (χ1) is 13.0. The number of aromatic nitrogens is 3. The molecule has 1 fully saturated rings. The van der Waals surface area contributed by atoms with E-state index in [0.717, 1.165) is 5.56 Å². The lowest BCUT2D eigenvalue weighted by Crippen LogP contribution is -2.17. The number of hydrogen-bond donors (Lipinski definition) is 1. The number of carbonyl (C=O) groups excluding carboxylic acids is 2. The van der Waals surface area contributed by atoms with Crippen molar-refractivity contribution in [2.24, 2.45) is 0 Å². The third-order valence-corrected chi connectivity index (χ3v) is 5.07. The van der Waals surface area contributed by atoms with E-state index in [1.54, 1.807) is 47.3 Å². The number of fused-ring (bicyclic) bond motifs is 1. The summed E-state index contributed by atoms with van der Waals surface area (Å²) in [4.78, 5) is 28.8. The van der Waals surface area contributed by atoms with Gasteiger partial charge in [0.15, 0.2) is 5.65 Å². The van der Waals surface area contributed by atoms with Gasteiger partial charge in [0.2, 0.25) is 0 Å². The van der Waals surface area contributed by atoms with Crippen LogP contribution in [0.3, 0.4) is 0 Å². The maximum Gasteiger partial charge on any atom is 0.337 e. The third-order valence-electron chi connectivity index (χ3n) is 3.90. The zero-order valence-electron chi connectivity index (χ0n) is 14.0. The lowest BCUT2D eigenvalue weighted by atomic mass is 10.1. The molecular weight excluding hydrogens is 384 g/mol. The maximum atomic E-state index is 11.9. The first-order valence-corrected chi connectivity index (χ1v) is 9.05. The van der Waals surface area contributed by atoms with Crippen LogP contribution in [0.2, 0.25) is 0 Å². The summed E-state index contributed by atoms with van der Waals surface area (Å²) < 4.78 is 6.81. The summed E-state index contributed by atoms with van der Waals surface area (Å²) in [5.74, 6) is -0.640. The summed E-state index contributed by atoms with van der Waals surface area (Å²) in [7, 11) is 1.34. The van der Waals surface area contributed by atoms with E-state index < -0.39 is 5.97 Å². The highest BCUT2D eigenvalue weighted by atomic mass is 32.2. The number of hydrogen-bond acceptors (Lipinski definition) is 7. The Morgan fingerprint density at radius 3 is 2.96 bits per heavy atom. The van der Waals surface area contributed by atoms with Crippen molar-refractivity contribution in [2.75, 3.05) is 7.11 Å². The topological polar surface area (TPSA) is 85.6 Å². The average molecular weight is 396 g/mol. The Morgan fingerprint density at radius 2 is 2.22 bits per heavy atom. The minimum Gasteiger partial charge on any atom is -0.465 e. The van der Waals surface area contributed by atoms with Gasteiger partial charge in [-0.05, 0) is 24.3 Å². The molecule has 1 aliphatic heterocycles. The molecule has 0 unspecified atom stereocenters. The fraction of sp³-hybridized carbons (Fsp3) is 0.0556. The lowest BCUT2D eigenvalue weighted by Gasteiger charge is -2.05. The number of methoxy groups -OCH3 is 1. The minimum absolute atomic E-state index is 0.230. The van der Waals surface area contributed by atoms with Gasteiger partial charge in [-0.25, -0.2) is 14.3 Å². The van der Waals surface area contributed by atoms with Gasteiger partial charge in [0.25, 0.3) is 5.91 Å². The van der Waals surface area contributed by atoms with E-state index >= 15 is 0 Å². The first-order valence-electron chi connectivity index (χ1n) is 7.83. The molecule has 1 aromatic carbocycles. The molecule has 7 nitrogen and oxygen atoms in total. The van der Waals surface area contributed by atoms with Crippen LogP contribution in [-0.2, 0) is 9.53 Å². The second-order valence-electron chi connectivity index (χ2n) is 5.61. The van der Waals surface area contributed by atoms with Crippen molar-refractivity contribution in [3.8, 4) is 11.3 Å². The number of rotatable bonds is 3. The molecule has 27 heavy (non-hydrogen) atoms. The molecule has 1 N–H and O–H groups in total. The van der Waals surface area contributed by atoms with Gasteiger partial charge in [0, 0.05) is 17.3 Å². The molecule has 9 heteroatoms. The fourth-order valence-electron chi connectivity index (χ4n) is 2.63.